The van der Waals surface area contributed by atoms with E-state index < -0.39 is 0 Å². The standard InChI is InChI=1S/C15H20FNO/c1-11-5-7-17(10-11)8-6-15(18)13-4-3-12(2)14(16)9-13/h3-4,9,11H,5-8,10H2,1-2H3. The van der Waals surface area contributed by atoms with Crippen LogP contribution in [0.15, 0.2) is 18.2 Å². The number of nitrogens with zero attached hydrogens (tertiary/aromatic N) is 1. The molecule has 1 heterocycles. The first-order valence-corrected chi connectivity index (χ1v) is 6.58. The van der Waals surface area contributed by atoms with Gasteiger partial charge in [-0.05, 0) is 37.4 Å². The second-order valence-corrected chi connectivity index (χ2v) is 5.33. The SMILES string of the molecule is Cc1ccc(C(=O)CCN2CCC(C)C2)cc1F. The van der Waals surface area contributed by atoms with Crippen LogP contribution in [-0.2, 0) is 0 Å². The fourth-order valence-corrected chi connectivity index (χ4v) is 2.40. The van der Waals surface area contributed by atoms with Gasteiger partial charge in [-0.2, -0.15) is 0 Å². The van der Waals surface area contributed by atoms with Crippen LogP contribution in [0, 0.1) is 18.7 Å². The molecular formula is C15H20FNO. The molecule has 1 fully saturated rings. The van der Waals surface area contributed by atoms with Gasteiger partial charge >= 0.3 is 0 Å². The number of benzene rings is 1. The number of carbonyl (C=O) groups excluding carboxylic acids is 1. The number of likely N-dealkylation sites (tertiary alicyclic amines) is 1. The number of hydrogen-bond donors (Lipinski definition) is 0. The zero-order valence-corrected chi connectivity index (χ0v) is 11.1. The highest BCUT2D eigenvalue weighted by molar-refractivity contribution is 5.96. The maximum atomic E-state index is 13.4. The van der Waals surface area contributed by atoms with E-state index in [4.69, 9.17) is 0 Å². The molecule has 1 aromatic carbocycles. The monoisotopic (exact) mass is 249 g/mol. The molecule has 1 aromatic rings. The highest BCUT2D eigenvalue weighted by Crippen LogP contribution is 2.16. The van der Waals surface area contributed by atoms with E-state index in [0.29, 0.717) is 17.5 Å². The molecule has 1 atom stereocenters. The summed E-state index contributed by atoms with van der Waals surface area (Å²) in [5, 5.41) is 0. The Morgan fingerprint density at radius 3 is 2.89 bits per heavy atom. The Bertz CT molecular complexity index is 444. The van der Waals surface area contributed by atoms with E-state index in [9.17, 15) is 9.18 Å². The summed E-state index contributed by atoms with van der Waals surface area (Å²) in [6, 6.07) is 4.73. The lowest BCUT2D eigenvalue weighted by molar-refractivity contribution is 0.0968. The van der Waals surface area contributed by atoms with Gasteiger partial charge in [-0.1, -0.05) is 19.1 Å². The Hall–Kier alpha value is -1.22. The number of Topliss-reactive ketones (excluding diaryl/α,β-unsaturated/α-hetero) is 1. The van der Waals surface area contributed by atoms with Gasteiger partial charge in [0.2, 0.25) is 0 Å². The number of rotatable bonds is 4. The first-order chi connectivity index (χ1) is 8.56. The molecule has 3 heteroatoms. The maximum absolute atomic E-state index is 13.4. The van der Waals surface area contributed by atoms with Crippen molar-refractivity contribution in [2.45, 2.75) is 26.7 Å². The fraction of sp³-hybridized carbons (Fsp3) is 0.533. The van der Waals surface area contributed by atoms with E-state index in [1.807, 2.05) is 0 Å². The molecule has 0 saturated carbocycles. The molecule has 1 unspecified atom stereocenters. The summed E-state index contributed by atoms with van der Waals surface area (Å²) >= 11 is 0. The summed E-state index contributed by atoms with van der Waals surface area (Å²) < 4.78 is 13.4. The smallest absolute Gasteiger partial charge is 0.164 e. The number of aryl methyl sites for hydroxylation is 1. The second kappa shape index (κ2) is 5.61. The van der Waals surface area contributed by atoms with Gasteiger partial charge in [0.25, 0.3) is 0 Å². The lowest BCUT2D eigenvalue weighted by Crippen LogP contribution is -2.23. The van der Waals surface area contributed by atoms with Crippen molar-refractivity contribution in [3.8, 4) is 0 Å². The summed E-state index contributed by atoms with van der Waals surface area (Å²) in [6.45, 7) is 6.89. The zero-order valence-electron chi connectivity index (χ0n) is 11.1. The summed E-state index contributed by atoms with van der Waals surface area (Å²) in [5.74, 6) is 0.473. The Morgan fingerprint density at radius 2 is 2.28 bits per heavy atom. The largest absolute Gasteiger partial charge is 0.303 e. The average molecular weight is 249 g/mol. The highest BCUT2D eigenvalue weighted by Gasteiger charge is 2.19. The van der Waals surface area contributed by atoms with Gasteiger partial charge in [0.1, 0.15) is 5.82 Å². The Balaban J connectivity index is 1.89. The van der Waals surface area contributed by atoms with Crippen LogP contribution in [0.5, 0.6) is 0 Å². The molecule has 1 aliphatic heterocycles. The van der Waals surface area contributed by atoms with Crippen LogP contribution < -0.4 is 0 Å². The lowest BCUT2D eigenvalue weighted by Gasteiger charge is -2.14. The van der Waals surface area contributed by atoms with Crippen LogP contribution in [0.25, 0.3) is 0 Å². The van der Waals surface area contributed by atoms with Crippen molar-refractivity contribution < 1.29 is 9.18 Å². The highest BCUT2D eigenvalue weighted by atomic mass is 19.1. The third kappa shape index (κ3) is 3.16. The molecule has 0 N–H and O–H groups in total. The predicted octanol–water partition coefficient (Wildman–Crippen LogP) is 3.05. The summed E-state index contributed by atoms with van der Waals surface area (Å²) in [5.41, 5.74) is 1.07. The van der Waals surface area contributed by atoms with E-state index in [1.165, 1.54) is 12.5 Å². The van der Waals surface area contributed by atoms with E-state index in [2.05, 4.69) is 11.8 Å². The molecule has 0 spiro atoms. The van der Waals surface area contributed by atoms with Crippen LogP contribution in [0.4, 0.5) is 4.39 Å². The zero-order chi connectivity index (χ0) is 13.1. The summed E-state index contributed by atoms with van der Waals surface area (Å²) in [4.78, 5) is 14.3. The topological polar surface area (TPSA) is 20.3 Å². The molecule has 0 radical (unpaired) electrons. The molecule has 0 aromatic heterocycles. The van der Waals surface area contributed by atoms with Crippen LogP contribution in [0.3, 0.4) is 0 Å². The molecule has 1 aliphatic rings. The van der Waals surface area contributed by atoms with Gasteiger partial charge in [0, 0.05) is 25.1 Å². The molecule has 18 heavy (non-hydrogen) atoms. The van der Waals surface area contributed by atoms with Crippen molar-refractivity contribution in [2.75, 3.05) is 19.6 Å². The summed E-state index contributed by atoms with van der Waals surface area (Å²) in [7, 11) is 0. The number of carbonyl (C=O) groups is 1. The van der Waals surface area contributed by atoms with Crippen LogP contribution >= 0.6 is 0 Å². The normalized spacial score (nSPS) is 20.3. The minimum absolute atomic E-state index is 0.0356. The Kier molecular flexibility index (Phi) is 4.12. The van der Waals surface area contributed by atoms with Crippen molar-refractivity contribution in [3.63, 3.8) is 0 Å². The van der Waals surface area contributed by atoms with Crippen molar-refractivity contribution in [1.29, 1.82) is 0 Å². The van der Waals surface area contributed by atoms with Crippen LogP contribution in [0.1, 0.15) is 35.7 Å². The van der Waals surface area contributed by atoms with E-state index in [0.717, 1.165) is 25.6 Å². The molecule has 0 amide bonds. The second-order valence-electron chi connectivity index (χ2n) is 5.33. The third-order valence-corrected chi connectivity index (χ3v) is 3.66. The van der Waals surface area contributed by atoms with E-state index in [-0.39, 0.29) is 11.6 Å². The molecule has 2 rings (SSSR count). The van der Waals surface area contributed by atoms with Gasteiger partial charge in [0.05, 0.1) is 0 Å². The summed E-state index contributed by atoms with van der Waals surface area (Å²) in [6.07, 6.45) is 1.70. The van der Waals surface area contributed by atoms with Crippen molar-refractivity contribution in [1.82, 2.24) is 4.90 Å². The average Bonchev–Trinajstić information content (AvgIpc) is 2.75. The Labute approximate surface area is 108 Å². The van der Waals surface area contributed by atoms with Crippen molar-refractivity contribution in [2.24, 2.45) is 5.92 Å². The molecule has 0 aliphatic carbocycles. The quantitative estimate of drug-likeness (QED) is 0.764. The van der Waals surface area contributed by atoms with Gasteiger partial charge in [0.15, 0.2) is 5.78 Å². The van der Waals surface area contributed by atoms with E-state index >= 15 is 0 Å². The first-order valence-electron chi connectivity index (χ1n) is 6.58. The molecule has 1 saturated heterocycles. The third-order valence-electron chi connectivity index (χ3n) is 3.66. The number of halogens is 1. The van der Waals surface area contributed by atoms with Crippen LogP contribution in [0.2, 0.25) is 0 Å². The maximum Gasteiger partial charge on any atom is 0.164 e. The van der Waals surface area contributed by atoms with E-state index in [1.54, 1.807) is 19.1 Å². The number of hydrogen-bond acceptors (Lipinski definition) is 2. The fourth-order valence-electron chi connectivity index (χ4n) is 2.40. The van der Waals surface area contributed by atoms with Gasteiger partial charge < -0.3 is 4.90 Å². The van der Waals surface area contributed by atoms with Gasteiger partial charge in [-0.3, -0.25) is 4.79 Å². The first kappa shape index (κ1) is 13.2. The molecule has 2 nitrogen and oxygen atoms in total. The van der Waals surface area contributed by atoms with Crippen LogP contribution in [-0.4, -0.2) is 30.3 Å². The van der Waals surface area contributed by atoms with Crippen molar-refractivity contribution in [3.05, 3.63) is 35.1 Å². The van der Waals surface area contributed by atoms with Gasteiger partial charge in [-0.15, -0.1) is 0 Å². The lowest BCUT2D eigenvalue weighted by atomic mass is 10.1. The molecule has 98 valence electrons. The predicted molar refractivity (Wildman–Crippen MR) is 70.3 cm³/mol. The minimum atomic E-state index is -0.296. The molecular weight excluding hydrogens is 229 g/mol. The van der Waals surface area contributed by atoms with Gasteiger partial charge in [-0.25, -0.2) is 4.39 Å². The Morgan fingerprint density at radius 1 is 1.50 bits per heavy atom. The van der Waals surface area contributed by atoms with Crippen molar-refractivity contribution >= 4 is 5.78 Å². The minimum Gasteiger partial charge on any atom is -0.303 e. The molecule has 0 bridgehead atoms. The number of ketones is 1.